The molecule has 17 heteroatoms. The van der Waals surface area contributed by atoms with Gasteiger partial charge in [-0.3, -0.25) is 19.2 Å². The third-order valence-electron chi connectivity index (χ3n) is 13.3. The van der Waals surface area contributed by atoms with E-state index in [1.807, 2.05) is 86.0 Å². The Morgan fingerprint density at radius 2 is 1.50 bits per heavy atom. The number of benzene rings is 2. The van der Waals surface area contributed by atoms with Crippen LogP contribution in [0.15, 0.2) is 42.5 Å². The second kappa shape index (κ2) is 25.2. The lowest BCUT2D eigenvalue weighted by atomic mass is 9.89. The summed E-state index contributed by atoms with van der Waals surface area (Å²) in [6.07, 6.45) is 0.554. The van der Waals surface area contributed by atoms with Crippen LogP contribution in [0.5, 0.6) is 17.2 Å². The van der Waals surface area contributed by atoms with Crippen LogP contribution in [0.3, 0.4) is 0 Å². The number of aliphatic carboxylic acids is 1. The number of quaternary nitrogens is 1. The zero-order valence-electron chi connectivity index (χ0n) is 41.8. The maximum Gasteiger partial charge on any atom is 0.326 e. The smallest absolute Gasteiger partial charge is 0.326 e. The topological polar surface area (TPSA) is 208 Å². The van der Waals surface area contributed by atoms with Gasteiger partial charge in [-0.15, -0.1) is 0 Å². The van der Waals surface area contributed by atoms with Gasteiger partial charge in [0.25, 0.3) is 5.91 Å². The van der Waals surface area contributed by atoms with Crippen LogP contribution in [0, 0.1) is 23.7 Å². The number of carboxylic acid groups (broad SMARTS) is 1. The van der Waals surface area contributed by atoms with E-state index in [2.05, 4.69) is 10.6 Å². The molecule has 2 aromatic rings. The number of carboxylic acids is 1. The molecule has 1 aliphatic heterocycles. The molecule has 2 aromatic carbocycles. The highest BCUT2D eigenvalue weighted by Gasteiger charge is 2.45. The molecule has 1 saturated heterocycles. The molecule has 1 fully saturated rings. The molecular formula is C49H79N6O11+. The van der Waals surface area contributed by atoms with E-state index in [-0.39, 0.29) is 52.8 Å². The first kappa shape index (κ1) is 55.4. The number of nitrogens with one attached hydrogen (secondary N) is 2. The highest BCUT2D eigenvalue weighted by molar-refractivity contribution is 5.90. The Labute approximate surface area is 392 Å². The molecule has 4 amide bonds. The molecule has 0 bridgehead atoms. The molecule has 66 heavy (non-hydrogen) atoms. The fraction of sp³-hybridized carbons (Fsp3) is 0.653. The molecule has 1 heterocycles. The van der Waals surface area contributed by atoms with Crippen LogP contribution >= 0.6 is 0 Å². The van der Waals surface area contributed by atoms with Crippen molar-refractivity contribution in [1.29, 1.82) is 0 Å². The highest BCUT2D eigenvalue weighted by atomic mass is 16.6. The average Bonchev–Trinajstić information content (AvgIpc) is 3.77. The SMILES string of the molecule is CCC(C)[C@@H]([C@@H](CC(=O)N1CCC[C@H]1[C@H](OC)[C@@H](C)C(=O)NC(Cc1ccccc1)C(=O)O)OC)N(C)C(=O)[C@@H](NC(=O)[C@H](C(C)C)[N+](C)(C)Cc1c(OC)cc(ON)cc1OC)C(C)C. The van der Waals surface area contributed by atoms with Gasteiger partial charge in [-0.1, -0.05) is 85.2 Å². The minimum absolute atomic E-state index is 0.0556. The lowest BCUT2D eigenvalue weighted by molar-refractivity contribution is -0.922. The molecular weight excluding hydrogens is 849 g/mol. The van der Waals surface area contributed by atoms with Gasteiger partial charge in [0.2, 0.25) is 17.7 Å². The molecule has 1 aliphatic rings. The Morgan fingerprint density at radius 1 is 0.894 bits per heavy atom. The number of carbonyl (C=O) groups is 5. The van der Waals surface area contributed by atoms with E-state index in [0.29, 0.717) is 49.6 Å². The van der Waals surface area contributed by atoms with Crippen LogP contribution in [0.1, 0.15) is 85.3 Å². The van der Waals surface area contributed by atoms with Crippen LogP contribution < -0.4 is 30.8 Å². The zero-order chi connectivity index (χ0) is 49.6. The highest BCUT2D eigenvalue weighted by Crippen LogP contribution is 2.37. The lowest BCUT2D eigenvalue weighted by Crippen LogP contribution is -2.63. The first-order chi connectivity index (χ1) is 31.1. The third kappa shape index (κ3) is 13.8. The third-order valence-corrected chi connectivity index (χ3v) is 13.3. The molecule has 9 atom stereocenters. The van der Waals surface area contributed by atoms with E-state index < -0.39 is 60.2 Å². The van der Waals surface area contributed by atoms with Gasteiger partial charge in [-0.2, -0.15) is 5.90 Å². The normalized spacial score (nSPS) is 17.8. The minimum atomic E-state index is -1.15. The quantitative estimate of drug-likeness (QED) is 0.0764. The molecule has 0 spiro atoms. The van der Waals surface area contributed by atoms with Crippen molar-refractivity contribution >= 4 is 29.6 Å². The van der Waals surface area contributed by atoms with E-state index in [0.717, 1.165) is 11.1 Å². The summed E-state index contributed by atoms with van der Waals surface area (Å²) in [5.74, 6) is 3.00. The Morgan fingerprint density at radius 3 is 1.98 bits per heavy atom. The number of likely N-dealkylation sites (tertiary alicyclic amines) is 1. The summed E-state index contributed by atoms with van der Waals surface area (Å²) in [6, 6.07) is 8.73. The van der Waals surface area contributed by atoms with E-state index in [1.165, 1.54) is 28.4 Å². The standard InChI is InChI=1S/C49H78N6O11/c1-15-31(6)43(40(64-13)27-41(56)54-23-19-22-37(54)45(65-14)32(7)46(57)51-36(49(60)61)24-33-20-17-16-18-21-33)53(8)48(59)42(29(2)3)52-47(58)44(30(4)5)55(9,10)28-35-38(62-11)25-34(66-50)26-39(35)63-12/h16-18,20-21,25-26,29-32,36-37,40,42-45H,15,19,22-24,27-28,50H2,1-14H3,(H2-,51,52,57,58,60,61)/p+1/t31?,32-,36?,37+,40-,42+,43+,44+,45-/m1/s1. The predicted octanol–water partition coefficient (Wildman–Crippen LogP) is 4.43. The van der Waals surface area contributed by atoms with Gasteiger partial charge in [0.1, 0.15) is 30.1 Å². The number of ether oxygens (including phenoxy) is 4. The second-order valence-corrected chi connectivity index (χ2v) is 19.0. The van der Waals surface area contributed by atoms with Crippen molar-refractivity contribution in [2.45, 2.75) is 130 Å². The minimum Gasteiger partial charge on any atom is -0.496 e. The summed E-state index contributed by atoms with van der Waals surface area (Å²) in [7, 11) is 11.7. The van der Waals surface area contributed by atoms with Crippen molar-refractivity contribution in [2.75, 3.05) is 56.1 Å². The van der Waals surface area contributed by atoms with Crippen molar-refractivity contribution in [3.05, 3.63) is 53.6 Å². The summed E-state index contributed by atoms with van der Waals surface area (Å²) in [5.41, 5.74) is 1.49. The lowest BCUT2D eigenvalue weighted by Gasteiger charge is -2.42. The Balaban J connectivity index is 1.84. The Hall–Kier alpha value is -4.97. The van der Waals surface area contributed by atoms with E-state index >= 15 is 0 Å². The molecule has 5 N–H and O–H groups in total. The van der Waals surface area contributed by atoms with Crippen molar-refractivity contribution in [3.8, 4) is 17.2 Å². The molecule has 2 unspecified atom stereocenters. The Bertz CT molecular complexity index is 1890. The summed E-state index contributed by atoms with van der Waals surface area (Å²) in [4.78, 5) is 77.8. The van der Waals surface area contributed by atoms with Crippen molar-refractivity contribution in [3.63, 3.8) is 0 Å². The van der Waals surface area contributed by atoms with Gasteiger partial charge in [-0.25, -0.2) is 4.79 Å². The van der Waals surface area contributed by atoms with E-state index in [1.54, 1.807) is 35.9 Å². The number of hydrogen-bond donors (Lipinski definition) is 4. The molecule has 17 nitrogen and oxygen atoms in total. The molecule has 0 saturated carbocycles. The number of amides is 4. The monoisotopic (exact) mass is 928 g/mol. The van der Waals surface area contributed by atoms with Crippen LogP contribution in [-0.4, -0.2) is 148 Å². The maximum atomic E-state index is 14.8. The number of hydrogen-bond acceptors (Lipinski definition) is 11. The number of rotatable bonds is 26. The number of nitrogens with zero attached hydrogens (tertiary/aromatic N) is 3. The molecule has 3 rings (SSSR count). The molecule has 0 aliphatic carbocycles. The van der Waals surface area contributed by atoms with Crippen LogP contribution in [0.4, 0.5) is 0 Å². The fourth-order valence-electron chi connectivity index (χ4n) is 9.75. The van der Waals surface area contributed by atoms with E-state index in [4.69, 9.17) is 29.7 Å². The van der Waals surface area contributed by atoms with Crippen molar-refractivity contribution in [1.82, 2.24) is 20.4 Å². The predicted molar refractivity (Wildman–Crippen MR) is 251 cm³/mol. The van der Waals surface area contributed by atoms with Gasteiger partial charge in [0.15, 0.2) is 11.8 Å². The summed E-state index contributed by atoms with van der Waals surface area (Å²) >= 11 is 0. The fourth-order valence-corrected chi connectivity index (χ4v) is 9.75. The van der Waals surface area contributed by atoms with Crippen molar-refractivity contribution in [2.24, 2.45) is 29.6 Å². The number of carbonyl (C=O) groups excluding carboxylic acids is 4. The summed E-state index contributed by atoms with van der Waals surface area (Å²) < 4.78 is 23.6. The largest absolute Gasteiger partial charge is 0.496 e. The van der Waals surface area contributed by atoms with E-state index in [9.17, 15) is 29.1 Å². The first-order valence-electron chi connectivity index (χ1n) is 23.1. The van der Waals surface area contributed by atoms with Gasteiger partial charge in [-0.05, 0) is 30.2 Å². The van der Waals surface area contributed by atoms with Crippen molar-refractivity contribution < 1.29 is 57.3 Å². The van der Waals surface area contributed by atoms with Crippen LogP contribution in [0.25, 0.3) is 0 Å². The molecule has 370 valence electrons. The van der Waals surface area contributed by atoms with Gasteiger partial charge < -0.3 is 53.8 Å². The number of nitrogens with two attached hydrogens (primary N) is 1. The number of likely N-dealkylation sites (N-methyl/N-ethyl adjacent to an activating group) is 2. The summed E-state index contributed by atoms with van der Waals surface area (Å²) in [6.45, 7) is 14.2. The zero-order valence-corrected chi connectivity index (χ0v) is 41.8. The van der Waals surface area contributed by atoms with Crippen LogP contribution in [-0.2, 0) is 46.4 Å². The van der Waals surface area contributed by atoms with Crippen LogP contribution in [0.2, 0.25) is 0 Å². The number of methoxy groups -OCH3 is 4. The summed E-state index contributed by atoms with van der Waals surface area (Å²) in [5, 5.41) is 15.8. The second-order valence-electron chi connectivity index (χ2n) is 19.0. The average molecular weight is 928 g/mol. The van der Waals surface area contributed by atoms with Gasteiger partial charge in [0, 0.05) is 52.3 Å². The molecule has 0 radical (unpaired) electrons. The van der Waals surface area contributed by atoms with Gasteiger partial charge >= 0.3 is 5.97 Å². The first-order valence-corrected chi connectivity index (χ1v) is 23.1. The van der Waals surface area contributed by atoms with Gasteiger partial charge in [0.05, 0.1) is 70.5 Å². The maximum absolute atomic E-state index is 14.8. The Kier molecular flexibility index (Phi) is 21.2. The molecule has 0 aromatic heterocycles.